The topological polar surface area (TPSA) is 84.2 Å². The number of rotatable bonds is 8. The van der Waals surface area contributed by atoms with Crippen molar-refractivity contribution in [2.75, 3.05) is 17.6 Å². The predicted octanol–water partition coefficient (Wildman–Crippen LogP) is 4.22. The van der Waals surface area contributed by atoms with Gasteiger partial charge in [0.1, 0.15) is 0 Å². The van der Waals surface area contributed by atoms with Gasteiger partial charge in [0.25, 0.3) is 5.91 Å². The predicted molar refractivity (Wildman–Crippen MR) is 102 cm³/mol. The number of halogens is 3. The highest BCUT2D eigenvalue weighted by atomic mass is 19.4. The number of alkyl halides is 3. The van der Waals surface area contributed by atoms with Gasteiger partial charge in [-0.3, -0.25) is 9.59 Å². The molecule has 0 spiro atoms. The van der Waals surface area contributed by atoms with Gasteiger partial charge in [-0.05, 0) is 49.2 Å². The van der Waals surface area contributed by atoms with Crippen LogP contribution in [0.4, 0.5) is 24.5 Å². The van der Waals surface area contributed by atoms with Crippen LogP contribution in [-0.4, -0.2) is 18.4 Å². The third-order valence-corrected chi connectivity index (χ3v) is 4.07. The van der Waals surface area contributed by atoms with Crippen molar-refractivity contribution in [1.29, 1.82) is 0 Å². The minimum Gasteiger partial charge on any atom is -0.398 e. The smallest absolute Gasteiger partial charge is 0.398 e. The number of anilines is 2. The molecule has 4 N–H and O–H groups in total. The van der Waals surface area contributed by atoms with E-state index in [2.05, 4.69) is 10.6 Å². The first kappa shape index (κ1) is 21.3. The number of para-hydroxylation sites is 1. The van der Waals surface area contributed by atoms with Gasteiger partial charge in [-0.1, -0.05) is 18.6 Å². The van der Waals surface area contributed by atoms with E-state index in [-0.39, 0.29) is 18.2 Å². The minimum absolute atomic E-state index is 0.238. The van der Waals surface area contributed by atoms with Crippen molar-refractivity contribution in [1.82, 2.24) is 5.32 Å². The molecule has 5 nitrogen and oxygen atoms in total. The zero-order chi connectivity index (χ0) is 20.6. The van der Waals surface area contributed by atoms with Crippen molar-refractivity contribution >= 4 is 23.2 Å². The molecule has 0 heterocycles. The summed E-state index contributed by atoms with van der Waals surface area (Å²) in [5, 5.41) is 5.34. The van der Waals surface area contributed by atoms with Crippen molar-refractivity contribution in [2.45, 2.75) is 31.9 Å². The second kappa shape index (κ2) is 9.77. The van der Waals surface area contributed by atoms with Gasteiger partial charge in [0.2, 0.25) is 5.91 Å². The van der Waals surface area contributed by atoms with Gasteiger partial charge in [-0.2, -0.15) is 13.2 Å². The van der Waals surface area contributed by atoms with Crippen LogP contribution in [0.5, 0.6) is 0 Å². The van der Waals surface area contributed by atoms with Crippen molar-refractivity contribution in [2.24, 2.45) is 0 Å². The Morgan fingerprint density at radius 2 is 1.61 bits per heavy atom. The first-order valence-electron chi connectivity index (χ1n) is 8.87. The van der Waals surface area contributed by atoms with Crippen LogP contribution >= 0.6 is 0 Å². The molecule has 0 atom stereocenters. The molecule has 0 bridgehead atoms. The molecule has 0 aromatic heterocycles. The normalized spacial score (nSPS) is 11.1. The lowest BCUT2D eigenvalue weighted by Crippen LogP contribution is -2.25. The number of hydrogen-bond acceptors (Lipinski definition) is 3. The Labute approximate surface area is 161 Å². The van der Waals surface area contributed by atoms with Gasteiger partial charge in [0.05, 0.1) is 11.1 Å². The van der Waals surface area contributed by atoms with Crippen molar-refractivity contribution in [3.05, 3.63) is 59.7 Å². The summed E-state index contributed by atoms with van der Waals surface area (Å²) in [6, 6.07) is 11.1. The number of carbonyl (C=O) groups is 2. The first-order valence-corrected chi connectivity index (χ1v) is 8.87. The highest BCUT2D eigenvalue weighted by molar-refractivity contribution is 5.99. The van der Waals surface area contributed by atoms with E-state index in [9.17, 15) is 22.8 Å². The third-order valence-electron chi connectivity index (χ3n) is 4.07. The van der Waals surface area contributed by atoms with E-state index in [1.807, 2.05) is 0 Å². The Balaban J connectivity index is 1.62. The lowest BCUT2D eigenvalue weighted by atomic mass is 10.1. The molecule has 0 aliphatic heterocycles. The van der Waals surface area contributed by atoms with Crippen LogP contribution < -0.4 is 16.4 Å². The zero-order valence-electron chi connectivity index (χ0n) is 15.2. The zero-order valence-corrected chi connectivity index (χ0v) is 15.2. The third kappa shape index (κ3) is 6.61. The van der Waals surface area contributed by atoms with Gasteiger partial charge >= 0.3 is 6.18 Å². The molecule has 0 saturated carbocycles. The molecule has 28 heavy (non-hydrogen) atoms. The van der Waals surface area contributed by atoms with Crippen molar-refractivity contribution < 1.29 is 22.8 Å². The number of nitrogens with two attached hydrogens (primary N) is 1. The second-order valence-electron chi connectivity index (χ2n) is 6.28. The van der Waals surface area contributed by atoms with E-state index < -0.39 is 11.7 Å². The molecule has 8 heteroatoms. The molecule has 0 saturated heterocycles. The number of carbonyl (C=O) groups excluding carboxylic acids is 2. The SMILES string of the molecule is Nc1ccccc1C(=O)NCCCCCC(=O)Nc1ccc(C(F)(F)F)cc1. The van der Waals surface area contributed by atoms with Crippen LogP contribution in [0.15, 0.2) is 48.5 Å². The lowest BCUT2D eigenvalue weighted by Gasteiger charge is -2.09. The van der Waals surface area contributed by atoms with Crippen LogP contribution in [0, 0.1) is 0 Å². The Hall–Kier alpha value is -3.03. The number of nitrogen functional groups attached to an aromatic ring is 1. The van der Waals surface area contributed by atoms with E-state index in [0.29, 0.717) is 36.3 Å². The number of unbranched alkanes of at least 4 members (excludes halogenated alkanes) is 2. The molecule has 0 aliphatic carbocycles. The Bertz CT molecular complexity index is 805. The highest BCUT2D eigenvalue weighted by Gasteiger charge is 2.29. The standard InChI is InChI=1S/C20H22F3N3O2/c21-20(22,23)14-9-11-15(12-10-14)26-18(27)8-2-1-5-13-25-19(28)16-6-3-4-7-17(16)24/h3-4,6-7,9-12H,1-2,5,8,13,24H2,(H,25,28)(H,26,27). The van der Waals surface area contributed by atoms with E-state index in [1.54, 1.807) is 24.3 Å². The summed E-state index contributed by atoms with van der Waals surface area (Å²) in [7, 11) is 0. The van der Waals surface area contributed by atoms with Crippen LogP contribution in [-0.2, 0) is 11.0 Å². The molecule has 0 radical (unpaired) electrons. The number of benzene rings is 2. The monoisotopic (exact) mass is 393 g/mol. The summed E-state index contributed by atoms with van der Waals surface area (Å²) in [6.45, 7) is 0.466. The summed E-state index contributed by atoms with van der Waals surface area (Å²) in [6.07, 6.45) is -2.11. The lowest BCUT2D eigenvalue weighted by molar-refractivity contribution is -0.137. The number of nitrogens with one attached hydrogen (secondary N) is 2. The van der Waals surface area contributed by atoms with Gasteiger partial charge in [-0.15, -0.1) is 0 Å². The second-order valence-corrected chi connectivity index (χ2v) is 6.28. The largest absolute Gasteiger partial charge is 0.416 e. The molecule has 0 unspecified atom stereocenters. The Morgan fingerprint density at radius 1 is 0.929 bits per heavy atom. The van der Waals surface area contributed by atoms with Crippen LogP contribution in [0.3, 0.4) is 0 Å². The highest BCUT2D eigenvalue weighted by Crippen LogP contribution is 2.29. The van der Waals surface area contributed by atoms with Crippen LogP contribution in [0.2, 0.25) is 0 Å². The average molecular weight is 393 g/mol. The Morgan fingerprint density at radius 3 is 2.25 bits per heavy atom. The quantitative estimate of drug-likeness (QED) is 0.464. The van der Waals surface area contributed by atoms with E-state index in [4.69, 9.17) is 5.73 Å². The van der Waals surface area contributed by atoms with Crippen LogP contribution in [0.25, 0.3) is 0 Å². The molecular weight excluding hydrogens is 371 g/mol. The fourth-order valence-electron chi connectivity index (χ4n) is 2.55. The number of amides is 2. The maximum Gasteiger partial charge on any atom is 0.416 e. The average Bonchev–Trinajstić information content (AvgIpc) is 2.64. The minimum atomic E-state index is -4.40. The Kier molecular flexibility index (Phi) is 7.43. The molecule has 2 aromatic rings. The van der Waals surface area contributed by atoms with Gasteiger partial charge in [0, 0.05) is 24.3 Å². The summed E-state index contributed by atoms with van der Waals surface area (Å²) in [4.78, 5) is 23.8. The molecule has 0 aliphatic rings. The van der Waals surface area contributed by atoms with Crippen molar-refractivity contribution in [3.63, 3.8) is 0 Å². The van der Waals surface area contributed by atoms with E-state index in [1.165, 1.54) is 12.1 Å². The molecule has 2 rings (SSSR count). The summed E-state index contributed by atoms with van der Waals surface area (Å²) in [5.41, 5.74) is 6.15. The summed E-state index contributed by atoms with van der Waals surface area (Å²) in [5.74, 6) is -0.501. The molecule has 0 fully saturated rings. The van der Waals surface area contributed by atoms with Gasteiger partial charge in [0.15, 0.2) is 0 Å². The maximum absolute atomic E-state index is 12.5. The molecule has 2 amide bonds. The van der Waals surface area contributed by atoms with Crippen molar-refractivity contribution in [3.8, 4) is 0 Å². The summed E-state index contributed by atoms with van der Waals surface area (Å²) >= 11 is 0. The molecular formula is C20H22F3N3O2. The summed E-state index contributed by atoms with van der Waals surface area (Å²) < 4.78 is 37.5. The van der Waals surface area contributed by atoms with Gasteiger partial charge < -0.3 is 16.4 Å². The fraction of sp³-hybridized carbons (Fsp3) is 0.300. The van der Waals surface area contributed by atoms with Gasteiger partial charge in [-0.25, -0.2) is 0 Å². The van der Waals surface area contributed by atoms with E-state index >= 15 is 0 Å². The maximum atomic E-state index is 12.5. The van der Waals surface area contributed by atoms with Crippen LogP contribution in [0.1, 0.15) is 41.6 Å². The fourth-order valence-corrected chi connectivity index (χ4v) is 2.55. The first-order chi connectivity index (χ1) is 13.3. The van der Waals surface area contributed by atoms with E-state index in [0.717, 1.165) is 18.6 Å². The number of hydrogen-bond donors (Lipinski definition) is 3. The molecule has 2 aromatic carbocycles. The molecule has 150 valence electrons.